The van der Waals surface area contributed by atoms with E-state index < -0.39 is 0 Å². The van der Waals surface area contributed by atoms with Crippen molar-refractivity contribution < 1.29 is 0 Å². The number of aromatic nitrogens is 3. The monoisotopic (exact) mass is 164 g/mol. The van der Waals surface area contributed by atoms with Gasteiger partial charge in [-0.15, -0.1) is 6.42 Å². The minimum atomic E-state index is 0.0637. The highest BCUT2D eigenvalue weighted by Crippen LogP contribution is 1.88. The minimum Gasteiger partial charge on any atom is -0.297 e. The number of rotatable bonds is 3. The third kappa shape index (κ3) is 2.36. The molecule has 0 aromatic carbocycles. The maximum Gasteiger partial charge on any atom is 0.164 e. The molecule has 64 valence electrons. The molecule has 12 heavy (non-hydrogen) atoms. The highest BCUT2D eigenvalue weighted by Gasteiger charge is 1.99. The Morgan fingerprint density at radius 2 is 2.58 bits per heavy atom. The molecule has 0 saturated carbocycles. The van der Waals surface area contributed by atoms with Crippen molar-refractivity contribution in [1.29, 1.82) is 0 Å². The van der Waals surface area contributed by atoms with Crippen LogP contribution in [0.4, 0.5) is 0 Å². The van der Waals surface area contributed by atoms with Gasteiger partial charge in [0.2, 0.25) is 0 Å². The van der Waals surface area contributed by atoms with Crippen molar-refractivity contribution >= 4 is 0 Å². The van der Waals surface area contributed by atoms with Gasteiger partial charge >= 0.3 is 0 Å². The first-order valence-electron chi connectivity index (χ1n) is 3.76. The van der Waals surface area contributed by atoms with E-state index in [1.165, 1.54) is 0 Å². The molecule has 0 amide bonds. The van der Waals surface area contributed by atoms with E-state index in [0.29, 0.717) is 6.54 Å². The van der Waals surface area contributed by atoms with E-state index >= 15 is 0 Å². The van der Waals surface area contributed by atoms with E-state index in [4.69, 9.17) is 6.42 Å². The summed E-state index contributed by atoms with van der Waals surface area (Å²) in [7, 11) is 1.83. The molecule has 0 aliphatic rings. The van der Waals surface area contributed by atoms with E-state index in [9.17, 15) is 0 Å². The zero-order chi connectivity index (χ0) is 8.97. The summed E-state index contributed by atoms with van der Waals surface area (Å²) in [5.41, 5.74) is 0. The van der Waals surface area contributed by atoms with Gasteiger partial charge in [-0.05, 0) is 6.92 Å². The molecule has 0 aliphatic heterocycles. The number of aryl methyl sites for hydroxylation is 1. The van der Waals surface area contributed by atoms with Gasteiger partial charge in [-0.2, -0.15) is 5.10 Å². The van der Waals surface area contributed by atoms with Gasteiger partial charge in [0.25, 0.3) is 0 Å². The Labute approximate surface area is 72.0 Å². The smallest absolute Gasteiger partial charge is 0.164 e. The highest BCUT2D eigenvalue weighted by molar-refractivity contribution is 4.96. The second-order valence-corrected chi connectivity index (χ2v) is 2.60. The first-order chi connectivity index (χ1) is 5.72. The normalized spacial score (nSPS) is 12.4. The molecular formula is C8H12N4. The molecule has 1 N–H and O–H groups in total. The summed E-state index contributed by atoms with van der Waals surface area (Å²) >= 11 is 0. The largest absolute Gasteiger partial charge is 0.297 e. The van der Waals surface area contributed by atoms with Gasteiger partial charge in [0.05, 0.1) is 12.6 Å². The number of terminal acetylenes is 1. The van der Waals surface area contributed by atoms with Gasteiger partial charge in [0.15, 0.2) is 5.82 Å². The van der Waals surface area contributed by atoms with Crippen molar-refractivity contribution in [2.24, 2.45) is 7.05 Å². The molecule has 0 saturated heterocycles. The Balaban J connectivity index is 2.39. The maximum atomic E-state index is 5.18. The quantitative estimate of drug-likeness (QED) is 0.636. The standard InChI is InChI=1S/C8H12N4/c1-4-7(2)9-5-8-10-6-12(3)11-8/h1,6-7,9H,5H2,2-3H3. The van der Waals surface area contributed by atoms with Crippen molar-refractivity contribution in [2.45, 2.75) is 19.5 Å². The van der Waals surface area contributed by atoms with Gasteiger partial charge in [0.1, 0.15) is 6.33 Å². The van der Waals surface area contributed by atoms with E-state index in [2.05, 4.69) is 21.3 Å². The predicted octanol–water partition coefficient (Wildman–Crippen LogP) is -0.0736. The molecule has 1 unspecified atom stereocenters. The van der Waals surface area contributed by atoms with Crippen LogP contribution < -0.4 is 5.32 Å². The molecule has 0 spiro atoms. The second-order valence-electron chi connectivity index (χ2n) is 2.60. The van der Waals surface area contributed by atoms with E-state index in [1.54, 1.807) is 11.0 Å². The lowest BCUT2D eigenvalue weighted by Crippen LogP contribution is -2.24. The molecule has 1 atom stereocenters. The van der Waals surface area contributed by atoms with Gasteiger partial charge in [-0.25, -0.2) is 4.98 Å². The summed E-state index contributed by atoms with van der Waals surface area (Å²) < 4.78 is 1.66. The van der Waals surface area contributed by atoms with Gasteiger partial charge < -0.3 is 0 Å². The second kappa shape index (κ2) is 3.88. The van der Waals surface area contributed by atoms with Crippen molar-refractivity contribution in [3.63, 3.8) is 0 Å². The van der Waals surface area contributed by atoms with Crippen LogP contribution in [0.3, 0.4) is 0 Å². The average molecular weight is 164 g/mol. The van der Waals surface area contributed by atoms with Crippen LogP contribution in [0.2, 0.25) is 0 Å². The fourth-order valence-corrected chi connectivity index (χ4v) is 0.768. The third-order valence-electron chi connectivity index (χ3n) is 1.46. The lowest BCUT2D eigenvalue weighted by atomic mass is 10.3. The Hall–Kier alpha value is -1.34. The molecule has 0 aliphatic carbocycles. The Kier molecular flexibility index (Phi) is 2.83. The Morgan fingerprint density at radius 1 is 1.83 bits per heavy atom. The SMILES string of the molecule is C#CC(C)NCc1ncn(C)n1. The van der Waals surface area contributed by atoms with Crippen molar-refractivity contribution in [1.82, 2.24) is 20.1 Å². The average Bonchev–Trinajstić information content (AvgIpc) is 2.47. The minimum absolute atomic E-state index is 0.0637. The van der Waals surface area contributed by atoms with Crippen LogP contribution in [-0.2, 0) is 13.6 Å². The van der Waals surface area contributed by atoms with Crippen LogP contribution in [0.5, 0.6) is 0 Å². The number of nitrogens with zero attached hydrogens (tertiary/aromatic N) is 3. The van der Waals surface area contributed by atoms with Crippen molar-refractivity contribution in [2.75, 3.05) is 0 Å². The first-order valence-corrected chi connectivity index (χ1v) is 3.76. The predicted molar refractivity (Wildman–Crippen MR) is 46.1 cm³/mol. The van der Waals surface area contributed by atoms with Gasteiger partial charge in [-0.3, -0.25) is 10.00 Å². The van der Waals surface area contributed by atoms with Crippen molar-refractivity contribution in [3.8, 4) is 12.3 Å². The Bertz CT molecular complexity index is 283. The molecule has 0 radical (unpaired) electrons. The molecule has 4 heteroatoms. The third-order valence-corrected chi connectivity index (χ3v) is 1.46. The fraction of sp³-hybridized carbons (Fsp3) is 0.500. The van der Waals surface area contributed by atoms with E-state index in [0.717, 1.165) is 5.82 Å². The summed E-state index contributed by atoms with van der Waals surface area (Å²) in [5, 5.41) is 7.18. The first kappa shape index (κ1) is 8.75. The number of hydrogen-bond donors (Lipinski definition) is 1. The molecule has 1 heterocycles. The fourth-order valence-electron chi connectivity index (χ4n) is 0.768. The molecular weight excluding hydrogens is 152 g/mol. The maximum absolute atomic E-state index is 5.18. The van der Waals surface area contributed by atoms with Gasteiger partial charge in [0, 0.05) is 7.05 Å². The molecule has 1 rings (SSSR count). The summed E-state index contributed by atoms with van der Waals surface area (Å²) in [6, 6.07) is 0.0637. The van der Waals surface area contributed by atoms with Crippen LogP contribution in [0.25, 0.3) is 0 Å². The zero-order valence-electron chi connectivity index (χ0n) is 7.28. The van der Waals surface area contributed by atoms with E-state index in [1.807, 2.05) is 14.0 Å². The van der Waals surface area contributed by atoms with Crippen LogP contribution in [0, 0.1) is 12.3 Å². The Morgan fingerprint density at radius 3 is 3.08 bits per heavy atom. The van der Waals surface area contributed by atoms with Crippen LogP contribution >= 0.6 is 0 Å². The molecule has 0 fully saturated rings. The summed E-state index contributed by atoms with van der Waals surface area (Å²) in [6.45, 7) is 2.54. The number of nitrogens with one attached hydrogen (secondary N) is 1. The molecule has 4 nitrogen and oxygen atoms in total. The summed E-state index contributed by atoms with van der Waals surface area (Å²) in [6.07, 6.45) is 6.85. The zero-order valence-corrected chi connectivity index (χ0v) is 7.28. The van der Waals surface area contributed by atoms with Gasteiger partial charge in [-0.1, -0.05) is 5.92 Å². The highest BCUT2D eigenvalue weighted by atomic mass is 15.3. The van der Waals surface area contributed by atoms with Crippen LogP contribution in [0.1, 0.15) is 12.7 Å². The topological polar surface area (TPSA) is 42.7 Å². The van der Waals surface area contributed by atoms with Crippen LogP contribution in [0.15, 0.2) is 6.33 Å². The molecule has 1 aromatic heterocycles. The van der Waals surface area contributed by atoms with E-state index in [-0.39, 0.29) is 6.04 Å². The number of hydrogen-bond acceptors (Lipinski definition) is 3. The lowest BCUT2D eigenvalue weighted by molar-refractivity contribution is 0.617. The molecule has 1 aromatic rings. The van der Waals surface area contributed by atoms with Crippen molar-refractivity contribution in [3.05, 3.63) is 12.2 Å². The summed E-state index contributed by atoms with van der Waals surface area (Å²) in [4.78, 5) is 4.04. The lowest BCUT2D eigenvalue weighted by Gasteiger charge is -2.03. The summed E-state index contributed by atoms with van der Waals surface area (Å²) in [5.74, 6) is 3.33. The molecule has 0 bridgehead atoms. The van der Waals surface area contributed by atoms with Crippen LogP contribution in [-0.4, -0.2) is 20.8 Å².